The monoisotopic (exact) mass is 388 g/mol. The van der Waals surface area contributed by atoms with Gasteiger partial charge in [-0.2, -0.15) is 0 Å². The Hall–Kier alpha value is -3.53. The van der Waals surface area contributed by atoms with Crippen molar-refractivity contribution >= 4 is 11.9 Å². The summed E-state index contributed by atoms with van der Waals surface area (Å²) in [5.74, 6) is 2.08. The lowest BCUT2D eigenvalue weighted by molar-refractivity contribution is 0.104. The van der Waals surface area contributed by atoms with Crippen molar-refractivity contribution in [3.05, 3.63) is 95.1 Å². The summed E-state index contributed by atoms with van der Waals surface area (Å²) in [7, 11) is 3.23. The van der Waals surface area contributed by atoms with E-state index in [9.17, 15) is 4.79 Å². The Bertz CT molecular complexity index is 989. The van der Waals surface area contributed by atoms with Crippen molar-refractivity contribution in [3.8, 4) is 17.2 Å². The summed E-state index contributed by atoms with van der Waals surface area (Å²) in [4.78, 5) is 12.5. The van der Waals surface area contributed by atoms with Crippen LogP contribution in [0.15, 0.2) is 72.8 Å². The quantitative estimate of drug-likeness (QED) is 0.378. The summed E-state index contributed by atoms with van der Waals surface area (Å²) in [6, 6.07) is 20.8. The van der Waals surface area contributed by atoms with Gasteiger partial charge in [-0.3, -0.25) is 4.79 Å². The maximum absolute atomic E-state index is 12.5. The van der Waals surface area contributed by atoms with Gasteiger partial charge in [0.25, 0.3) is 0 Å². The molecule has 0 spiro atoms. The lowest BCUT2D eigenvalue weighted by Gasteiger charge is -2.12. The first-order chi connectivity index (χ1) is 14.1. The molecule has 0 atom stereocenters. The zero-order chi connectivity index (χ0) is 20.6. The minimum Gasteiger partial charge on any atom is -0.496 e. The van der Waals surface area contributed by atoms with Gasteiger partial charge >= 0.3 is 0 Å². The molecular formula is C25H24O4. The van der Waals surface area contributed by atoms with Crippen LogP contribution >= 0.6 is 0 Å². The molecular weight excluding hydrogens is 364 g/mol. The molecule has 29 heavy (non-hydrogen) atoms. The Kier molecular flexibility index (Phi) is 6.69. The fourth-order valence-electron chi connectivity index (χ4n) is 3.04. The number of ketones is 1. The second-order valence-electron chi connectivity index (χ2n) is 6.51. The number of methoxy groups -OCH3 is 2. The van der Waals surface area contributed by atoms with Crippen LogP contribution in [0.25, 0.3) is 6.08 Å². The number of hydrogen-bond donors (Lipinski definition) is 0. The van der Waals surface area contributed by atoms with Crippen molar-refractivity contribution < 1.29 is 19.0 Å². The lowest BCUT2D eigenvalue weighted by atomic mass is 10.1. The summed E-state index contributed by atoms with van der Waals surface area (Å²) in [5.41, 5.74) is 3.41. The van der Waals surface area contributed by atoms with Crippen molar-refractivity contribution in [2.75, 3.05) is 14.2 Å². The molecule has 0 amide bonds. The predicted molar refractivity (Wildman–Crippen MR) is 115 cm³/mol. The predicted octanol–water partition coefficient (Wildman–Crippen LogP) is 5.49. The van der Waals surface area contributed by atoms with Gasteiger partial charge in [-0.25, -0.2) is 0 Å². The Morgan fingerprint density at radius 2 is 1.62 bits per heavy atom. The lowest BCUT2D eigenvalue weighted by Crippen LogP contribution is -1.98. The Morgan fingerprint density at radius 3 is 2.28 bits per heavy atom. The van der Waals surface area contributed by atoms with Gasteiger partial charge in [0.15, 0.2) is 5.78 Å². The number of carbonyl (C=O) groups excluding carboxylic acids is 1. The first kappa shape index (κ1) is 20.2. The smallest absolute Gasteiger partial charge is 0.185 e. The normalized spacial score (nSPS) is 10.7. The van der Waals surface area contributed by atoms with Crippen molar-refractivity contribution in [1.82, 2.24) is 0 Å². The molecule has 0 heterocycles. The fraction of sp³-hybridized carbons (Fsp3) is 0.160. The van der Waals surface area contributed by atoms with E-state index in [1.807, 2.05) is 61.5 Å². The third-order valence-electron chi connectivity index (χ3n) is 4.61. The van der Waals surface area contributed by atoms with Crippen LogP contribution in [0.5, 0.6) is 17.2 Å². The first-order valence-electron chi connectivity index (χ1n) is 9.33. The Labute approximate surface area is 171 Å². The molecule has 148 valence electrons. The summed E-state index contributed by atoms with van der Waals surface area (Å²) in [6.07, 6.45) is 3.30. The molecule has 4 heteroatoms. The molecule has 0 aliphatic rings. The van der Waals surface area contributed by atoms with Crippen LogP contribution in [-0.4, -0.2) is 20.0 Å². The van der Waals surface area contributed by atoms with E-state index in [4.69, 9.17) is 14.2 Å². The van der Waals surface area contributed by atoms with Gasteiger partial charge in [0.2, 0.25) is 0 Å². The number of ether oxygens (including phenoxy) is 3. The van der Waals surface area contributed by atoms with Crippen molar-refractivity contribution in [3.63, 3.8) is 0 Å². The third-order valence-corrected chi connectivity index (χ3v) is 4.61. The second-order valence-corrected chi connectivity index (χ2v) is 6.51. The van der Waals surface area contributed by atoms with E-state index in [1.165, 1.54) is 0 Å². The van der Waals surface area contributed by atoms with E-state index >= 15 is 0 Å². The van der Waals surface area contributed by atoms with Crippen LogP contribution in [0.3, 0.4) is 0 Å². The average molecular weight is 388 g/mol. The molecule has 4 nitrogen and oxygen atoms in total. The van der Waals surface area contributed by atoms with Gasteiger partial charge in [-0.1, -0.05) is 30.3 Å². The molecule has 0 N–H and O–H groups in total. The number of hydrogen-bond acceptors (Lipinski definition) is 4. The highest BCUT2D eigenvalue weighted by atomic mass is 16.5. The van der Waals surface area contributed by atoms with Crippen LogP contribution in [-0.2, 0) is 6.61 Å². The molecule has 3 aromatic rings. The molecule has 0 aromatic heterocycles. The Morgan fingerprint density at radius 1 is 0.897 bits per heavy atom. The fourth-order valence-corrected chi connectivity index (χ4v) is 3.04. The van der Waals surface area contributed by atoms with Gasteiger partial charge in [0.1, 0.15) is 23.9 Å². The average Bonchev–Trinajstić information content (AvgIpc) is 2.77. The molecule has 0 radical (unpaired) electrons. The molecule has 0 fully saturated rings. The van der Waals surface area contributed by atoms with Crippen LogP contribution in [0, 0.1) is 6.92 Å². The van der Waals surface area contributed by atoms with Gasteiger partial charge < -0.3 is 14.2 Å². The number of benzene rings is 3. The third kappa shape index (κ3) is 5.05. The zero-order valence-electron chi connectivity index (χ0n) is 16.8. The Balaban J connectivity index is 1.67. The number of allylic oxidation sites excluding steroid dienone is 1. The van der Waals surface area contributed by atoms with Gasteiger partial charge in [0, 0.05) is 16.7 Å². The van der Waals surface area contributed by atoms with Gasteiger partial charge in [0.05, 0.1) is 14.2 Å². The maximum Gasteiger partial charge on any atom is 0.185 e. The minimum absolute atomic E-state index is 0.0878. The molecule has 0 bridgehead atoms. The summed E-state index contributed by atoms with van der Waals surface area (Å²) >= 11 is 0. The van der Waals surface area contributed by atoms with Crippen molar-refractivity contribution in [2.45, 2.75) is 13.5 Å². The van der Waals surface area contributed by atoms with Gasteiger partial charge in [-0.15, -0.1) is 0 Å². The first-order valence-corrected chi connectivity index (χ1v) is 9.33. The van der Waals surface area contributed by atoms with E-state index in [2.05, 4.69) is 0 Å². The topological polar surface area (TPSA) is 44.8 Å². The molecule has 0 aliphatic heterocycles. The molecule has 0 saturated carbocycles. The van der Waals surface area contributed by atoms with Crippen LogP contribution in [0.2, 0.25) is 0 Å². The number of carbonyl (C=O) groups is 1. The van der Waals surface area contributed by atoms with E-state index in [1.54, 1.807) is 38.5 Å². The highest BCUT2D eigenvalue weighted by molar-refractivity contribution is 6.07. The highest BCUT2D eigenvalue weighted by Crippen LogP contribution is 2.32. The van der Waals surface area contributed by atoms with Crippen LogP contribution in [0.4, 0.5) is 0 Å². The van der Waals surface area contributed by atoms with Gasteiger partial charge in [-0.05, 0) is 61.0 Å². The molecule has 3 rings (SSSR count). The zero-order valence-corrected chi connectivity index (χ0v) is 16.8. The van der Waals surface area contributed by atoms with Crippen LogP contribution < -0.4 is 14.2 Å². The van der Waals surface area contributed by atoms with Crippen molar-refractivity contribution in [1.29, 1.82) is 0 Å². The molecule has 0 saturated heterocycles. The van der Waals surface area contributed by atoms with E-state index < -0.39 is 0 Å². The summed E-state index contributed by atoms with van der Waals surface area (Å²) < 4.78 is 16.6. The summed E-state index contributed by atoms with van der Waals surface area (Å²) in [5, 5.41) is 0. The SMILES string of the molecule is COc1ccc(/C=C/C(=O)c2ccc(OCc3ccccc3)cc2)c(OC)c1C. The number of rotatable bonds is 8. The van der Waals surface area contributed by atoms with E-state index in [-0.39, 0.29) is 5.78 Å². The van der Waals surface area contributed by atoms with E-state index in [0.29, 0.717) is 17.9 Å². The summed E-state index contributed by atoms with van der Waals surface area (Å²) in [6.45, 7) is 2.41. The highest BCUT2D eigenvalue weighted by Gasteiger charge is 2.10. The molecule has 0 aliphatic carbocycles. The van der Waals surface area contributed by atoms with Crippen LogP contribution in [0.1, 0.15) is 27.0 Å². The van der Waals surface area contributed by atoms with Crippen molar-refractivity contribution in [2.24, 2.45) is 0 Å². The molecule has 3 aromatic carbocycles. The largest absolute Gasteiger partial charge is 0.496 e. The molecule has 0 unspecified atom stereocenters. The van der Waals surface area contributed by atoms with E-state index in [0.717, 1.165) is 28.2 Å². The second kappa shape index (κ2) is 9.60. The standard InChI is InChI=1S/C25H24O4/c1-18-24(27-2)16-12-21(25(18)28-3)11-15-23(26)20-9-13-22(14-10-20)29-17-19-7-5-4-6-8-19/h4-16H,17H2,1-3H3/b15-11+. The minimum atomic E-state index is -0.0878. The maximum atomic E-state index is 12.5.